The van der Waals surface area contributed by atoms with Crippen LogP contribution in [0.3, 0.4) is 0 Å². The molecule has 33 heavy (non-hydrogen) atoms. The van der Waals surface area contributed by atoms with Crippen LogP contribution in [-0.2, 0) is 9.53 Å². The Hall–Kier alpha value is -3.66. The first kappa shape index (κ1) is 22.5. The Balaban J connectivity index is 1.80. The van der Waals surface area contributed by atoms with Gasteiger partial charge < -0.3 is 9.47 Å². The first-order valence-corrected chi connectivity index (χ1v) is 11.3. The molecule has 0 N–H and O–H groups in total. The van der Waals surface area contributed by atoms with E-state index >= 15 is 0 Å². The van der Waals surface area contributed by atoms with Crippen molar-refractivity contribution in [1.82, 2.24) is 0 Å². The normalized spacial score (nSPS) is 18.7. The summed E-state index contributed by atoms with van der Waals surface area (Å²) in [5, 5.41) is 0. The number of hydrogen-bond donors (Lipinski definition) is 0. The molecule has 0 bridgehead atoms. The molecule has 0 amide bonds. The molecule has 4 rings (SSSR count). The van der Waals surface area contributed by atoms with E-state index in [2.05, 4.69) is 36.4 Å². The Kier molecular flexibility index (Phi) is 7.04. The van der Waals surface area contributed by atoms with E-state index in [1.807, 2.05) is 67.6 Å². The van der Waals surface area contributed by atoms with Gasteiger partial charge >= 0.3 is 5.97 Å². The van der Waals surface area contributed by atoms with Crippen molar-refractivity contribution < 1.29 is 14.3 Å². The van der Waals surface area contributed by atoms with E-state index in [1.165, 1.54) is 0 Å². The first-order valence-electron chi connectivity index (χ1n) is 11.3. The Labute approximate surface area is 195 Å². The third-order valence-corrected chi connectivity index (χ3v) is 6.08. The number of rotatable bonds is 8. The highest BCUT2D eigenvalue weighted by atomic mass is 16.5. The van der Waals surface area contributed by atoms with Gasteiger partial charge in [0.05, 0.1) is 13.7 Å². The minimum Gasteiger partial charge on any atom is -0.497 e. The zero-order valence-electron chi connectivity index (χ0n) is 19.1. The number of nitrogens with zero attached hydrogens (tertiary/aromatic N) is 1. The smallest absolute Gasteiger partial charge is 0.334 e. The van der Waals surface area contributed by atoms with Gasteiger partial charge in [-0.3, -0.25) is 4.99 Å². The van der Waals surface area contributed by atoms with Crippen LogP contribution in [0.25, 0.3) is 6.08 Å². The van der Waals surface area contributed by atoms with Crippen LogP contribution >= 0.6 is 0 Å². The Bertz CT molecular complexity index is 1120. The van der Waals surface area contributed by atoms with Gasteiger partial charge in [-0.15, -0.1) is 0 Å². The summed E-state index contributed by atoms with van der Waals surface area (Å²) in [6.07, 6.45) is 5.46. The monoisotopic (exact) mass is 439 g/mol. The summed E-state index contributed by atoms with van der Waals surface area (Å²) in [4.78, 5) is 18.6. The van der Waals surface area contributed by atoms with Crippen molar-refractivity contribution in [3.63, 3.8) is 0 Å². The van der Waals surface area contributed by atoms with Gasteiger partial charge in [-0.25, -0.2) is 4.79 Å². The van der Waals surface area contributed by atoms with Gasteiger partial charge in [-0.1, -0.05) is 72.8 Å². The number of methoxy groups -OCH3 is 1. The second-order valence-corrected chi connectivity index (χ2v) is 8.09. The second kappa shape index (κ2) is 10.3. The lowest BCUT2D eigenvalue weighted by atomic mass is 9.77. The fraction of sp³-hybridized carbons (Fsp3) is 0.241. The zero-order valence-corrected chi connectivity index (χ0v) is 19.1. The van der Waals surface area contributed by atoms with Crippen LogP contribution in [-0.4, -0.2) is 30.9 Å². The van der Waals surface area contributed by atoms with Gasteiger partial charge in [0.25, 0.3) is 0 Å². The standard InChI is InChI=1S/C29H29NO3/c1-3-33-28(31)29(21-20-27(30-29)24-15-17-25(32-2)18-16-24)26(23-12-8-5-9-13-23)19-14-22-10-6-4-7-11-22/h4-19,26H,3,20-21H2,1-2H3/b19-14+/t26-,29-/m0/s1. The Morgan fingerprint density at radius 3 is 2.30 bits per heavy atom. The first-order chi connectivity index (χ1) is 16.2. The van der Waals surface area contributed by atoms with E-state index in [1.54, 1.807) is 7.11 Å². The maximum absolute atomic E-state index is 13.5. The molecule has 1 aliphatic rings. The van der Waals surface area contributed by atoms with Gasteiger partial charge in [0.15, 0.2) is 5.54 Å². The largest absolute Gasteiger partial charge is 0.497 e. The van der Waals surface area contributed by atoms with E-state index in [4.69, 9.17) is 14.5 Å². The highest BCUT2D eigenvalue weighted by molar-refractivity contribution is 6.05. The molecule has 1 heterocycles. The Morgan fingerprint density at radius 1 is 1.00 bits per heavy atom. The molecule has 2 atom stereocenters. The minimum absolute atomic E-state index is 0.256. The van der Waals surface area contributed by atoms with Crippen molar-refractivity contribution in [2.75, 3.05) is 13.7 Å². The lowest BCUT2D eigenvalue weighted by Crippen LogP contribution is -2.42. The van der Waals surface area contributed by atoms with Gasteiger partial charge in [0, 0.05) is 11.6 Å². The average Bonchev–Trinajstić information content (AvgIpc) is 3.32. The maximum atomic E-state index is 13.5. The lowest BCUT2D eigenvalue weighted by molar-refractivity contribution is -0.150. The summed E-state index contributed by atoms with van der Waals surface area (Å²) in [5.41, 5.74) is 3.02. The minimum atomic E-state index is -1.02. The molecule has 3 aromatic carbocycles. The lowest BCUT2D eigenvalue weighted by Gasteiger charge is -2.31. The van der Waals surface area contributed by atoms with Crippen molar-refractivity contribution in [1.29, 1.82) is 0 Å². The summed E-state index contributed by atoms with van der Waals surface area (Å²) in [6, 6.07) is 28.1. The number of aliphatic imine (C=N–C) groups is 1. The molecule has 0 radical (unpaired) electrons. The zero-order chi connectivity index (χ0) is 23.1. The molecule has 0 saturated carbocycles. The van der Waals surface area contributed by atoms with Crippen LogP contribution in [0.5, 0.6) is 5.75 Å². The molecule has 1 aliphatic heterocycles. The Morgan fingerprint density at radius 2 is 1.67 bits per heavy atom. The van der Waals surface area contributed by atoms with Crippen molar-refractivity contribution in [3.05, 3.63) is 108 Å². The van der Waals surface area contributed by atoms with Crippen molar-refractivity contribution in [2.24, 2.45) is 4.99 Å². The van der Waals surface area contributed by atoms with Gasteiger partial charge in [0.2, 0.25) is 0 Å². The molecule has 3 aromatic rings. The molecule has 0 fully saturated rings. The van der Waals surface area contributed by atoms with E-state index in [0.29, 0.717) is 19.4 Å². The van der Waals surface area contributed by atoms with Gasteiger partial charge in [-0.05, 0) is 60.7 Å². The number of carbonyl (C=O) groups excluding carboxylic acids is 1. The third kappa shape index (κ3) is 4.90. The number of carbonyl (C=O) groups is 1. The quantitative estimate of drug-likeness (QED) is 0.400. The van der Waals surface area contributed by atoms with Crippen LogP contribution in [0, 0.1) is 0 Å². The highest BCUT2D eigenvalue weighted by Gasteiger charge is 2.49. The average molecular weight is 440 g/mol. The molecular weight excluding hydrogens is 410 g/mol. The van der Waals surface area contributed by atoms with Crippen LogP contribution in [0.4, 0.5) is 0 Å². The number of ether oxygens (including phenoxy) is 2. The third-order valence-electron chi connectivity index (χ3n) is 6.08. The molecule has 0 aromatic heterocycles. The molecule has 0 saturated heterocycles. The molecule has 0 unspecified atom stereocenters. The number of esters is 1. The molecule has 0 spiro atoms. The maximum Gasteiger partial charge on any atom is 0.334 e. The molecule has 168 valence electrons. The number of benzene rings is 3. The van der Waals surface area contributed by atoms with Crippen LogP contribution in [0.15, 0.2) is 96.0 Å². The van der Waals surface area contributed by atoms with Crippen molar-refractivity contribution >= 4 is 17.8 Å². The summed E-state index contributed by atoms with van der Waals surface area (Å²) in [6.45, 7) is 2.16. The van der Waals surface area contributed by atoms with Gasteiger partial charge in [-0.2, -0.15) is 0 Å². The highest BCUT2D eigenvalue weighted by Crippen LogP contribution is 2.43. The van der Waals surface area contributed by atoms with Crippen LogP contribution < -0.4 is 4.74 Å². The van der Waals surface area contributed by atoms with E-state index < -0.39 is 5.54 Å². The predicted octanol–water partition coefficient (Wildman–Crippen LogP) is 6.08. The van der Waals surface area contributed by atoms with E-state index in [9.17, 15) is 4.79 Å². The predicted molar refractivity (Wildman–Crippen MR) is 133 cm³/mol. The summed E-state index contributed by atoms with van der Waals surface area (Å²) in [5.74, 6) is 0.260. The van der Waals surface area contributed by atoms with Crippen LogP contribution in [0.2, 0.25) is 0 Å². The molecule has 4 heteroatoms. The fourth-order valence-electron chi connectivity index (χ4n) is 4.39. The van der Waals surface area contributed by atoms with E-state index in [0.717, 1.165) is 28.2 Å². The van der Waals surface area contributed by atoms with Crippen molar-refractivity contribution in [2.45, 2.75) is 31.2 Å². The van der Waals surface area contributed by atoms with Crippen LogP contribution in [0.1, 0.15) is 42.4 Å². The summed E-state index contributed by atoms with van der Waals surface area (Å²) >= 11 is 0. The molecule has 4 nitrogen and oxygen atoms in total. The molecule has 0 aliphatic carbocycles. The summed E-state index contributed by atoms with van der Waals surface area (Å²) in [7, 11) is 1.65. The van der Waals surface area contributed by atoms with Gasteiger partial charge in [0.1, 0.15) is 5.75 Å². The second-order valence-electron chi connectivity index (χ2n) is 8.09. The fourth-order valence-corrected chi connectivity index (χ4v) is 4.39. The van der Waals surface area contributed by atoms with Crippen molar-refractivity contribution in [3.8, 4) is 5.75 Å². The molecular formula is C29H29NO3. The topological polar surface area (TPSA) is 47.9 Å². The SMILES string of the molecule is CCOC(=O)[C@@]1([C@@H](/C=C/c2ccccc2)c2ccccc2)CCC(c2ccc(OC)cc2)=N1. The van der Waals surface area contributed by atoms with E-state index in [-0.39, 0.29) is 11.9 Å². The number of hydrogen-bond acceptors (Lipinski definition) is 4. The summed E-state index contributed by atoms with van der Waals surface area (Å²) < 4.78 is 10.9.